The molecule has 1 saturated heterocycles. The van der Waals surface area contributed by atoms with Gasteiger partial charge in [0.25, 0.3) is 0 Å². The normalized spacial score (nSPS) is 17.2. The number of nitrogens with one attached hydrogen (secondary N) is 1. The third-order valence-electron chi connectivity index (χ3n) is 5.20. The van der Waals surface area contributed by atoms with Crippen LogP contribution in [0.3, 0.4) is 0 Å². The third-order valence-corrected chi connectivity index (χ3v) is 5.20. The van der Waals surface area contributed by atoms with E-state index in [0.717, 1.165) is 18.7 Å². The molecule has 0 radical (unpaired) electrons. The lowest BCUT2D eigenvalue weighted by molar-refractivity contribution is 0.185. The van der Waals surface area contributed by atoms with Crippen LogP contribution in [0.2, 0.25) is 0 Å². The monoisotopic (exact) mass is 320 g/mol. The van der Waals surface area contributed by atoms with Crippen molar-refractivity contribution in [3.8, 4) is 5.75 Å². The summed E-state index contributed by atoms with van der Waals surface area (Å²) in [7, 11) is 0. The van der Waals surface area contributed by atoms with Crippen molar-refractivity contribution >= 4 is 10.9 Å². The molecule has 1 aliphatic rings. The quantitative estimate of drug-likeness (QED) is 0.730. The second-order valence-corrected chi connectivity index (χ2v) is 6.77. The number of aromatic hydroxyl groups is 1. The van der Waals surface area contributed by atoms with Crippen molar-refractivity contribution in [2.24, 2.45) is 0 Å². The maximum atomic E-state index is 10.5. The van der Waals surface area contributed by atoms with Crippen LogP contribution in [0.1, 0.15) is 42.1 Å². The molecular weight excluding hydrogens is 296 g/mol. The fraction of sp³-hybridized carbons (Fsp3) is 0.333. The summed E-state index contributed by atoms with van der Waals surface area (Å²) in [4.78, 5) is 6.06. The van der Waals surface area contributed by atoms with Crippen molar-refractivity contribution in [1.29, 1.82) is 0 Å². The van der Waals surface area contributed by atoms with Crippen LogP contribution in [-0.2, 0) is 0 Å². The maximum absolute atomic E-state index is 10.5. The highest BCUT2D eigenvalue weighted by atomic mass is 16.3. The molecule has 1 unspecified atom stereocenters. The summed E-state index contributed by atoms with van der Waals surface area (Å²) in [6.07, 6.45) is 3.76. The molecule has 0 spiro atoms. The van der Waals surface area contributed by atoms with E-state index in [1.807, 2.05) is 12.1 Å². The van der Waals surface area contributed by atoms with Crippen LogP contribution < -0.4 is 0 Å². The Balaban J connectivity index is 1.91. The molecule has 3 nitrogen and oxygen atoms in total. The molecule has 1 aromatic heterocycles. The third kappa shape index (κ3) is 2.59. The van der Waals surface area contributed by atoms with Gasteiger partial charge in [-0.25, -0.2) is 0 Å². The van der Waals surface area contributed by atoms with E-state index in [1.54, 1.807) is 6.07 Å². The molecule has 2 N–H and O–H groups in total. The Morgan fingerprint density at radius 3 is 2.46 bits per heavy atom. The molecule has 3 aromatic rings. The number of aromatic nitrogens is 1. The Morgan fingerprint density at radius 1 is 0.958 bits per heavy atom. The van der Waals surface area contributed by atoms with Crippen LogP contribution in [0.25, 0.3) is 10.9 Å². The molecule has 4 rings (SSSR count). The standard InChI is InChI=1S/C21H24N2O/c1-15-20(16-9-3-5-11-18(16)22-15)21(23-13-7-2-8-14-23)17-10-4-6-12-19(17)24/h3-6,9-12,21-22,24H,2,7-8,13-14H2,1H3. The van der Waals surface area contributed by atoms with Crippen LogP contribution in [0, 0.1) is 6.92 Å². The molecular formula is C21H24N2O. The Labute approximate surface area is 142 Å². The Morgan fingerprint density at radius 2 is 1.67 bits per heavy atom. The summed E-state index contributed by atoms with van der Waals surface area (Å²) in [5.41, 5.74) is 4.67. The van der Waals surface area contributed by atoms with Gasteiger partial charge in [0.15, 0.2) is 0 Å². The number of para-hydroxylation sites is 2. The van der Waals surface area contributed by atoms with Gasteiger partial charge in [-0.3, -0.25) is 4.90 Å². The van der Waals surface area contributed by atoms with Crippen LogP contribution in [-0.4, -0.2) is 28.1 Å². The maximum Gasteiger partial charge on any atom is 0.120 e. The van der Waals surface area contributed by atoms with Gasteiger partial charge >= 0.3 is 0 Å². The summed E-state index contributed by atoms with van der Waals surface area (Å²) in [5, 5.41) is 11.8. The van der Waals surface area contributed by atoms with Crippen molar-refractivity contribution in [2.75, 3.05) is 13.1 Å². The number of aryl methyl sites for hydroxylation is 1. The van der Waals surface area contributed by atoms with Crippen LogP contribution in [0.5, 0.6) is 5.75 Å². The van der Waals surface area contributed by atoms with Crippen molar-refractivity contribution < 1.29 is 5.11 Å². The number of phenols is 1. The van der Waals surface area contributed by atoms with Gasteiger partial charge in [-0.05, 0) is 45.0 Å². The topological polar surface area (TPSA) is 39.3 Å². The molecule has 2 aromatic carbocycles. The van der Waals surface area contributed by atoms with Crippen molar-refractivity contribution in [3.63, 3.8) is 0 Å². The van der Waals surface area contributed by atoms with Crippen LogP contribution in [0.4, 0.5) is 0 Å². The number of H-pyrrole nitrogens is 1. The first-order valence-corrected chi connectivity index (χ1v) is 8.85. The molecule has 1 atom stereocenters. The highest BCUT2D eigenvalue weighted by molar-refractivity contribution is 5.85. The Kier molecular flexibility index (Phi) is 4.03. The summed E-state index contributed by atoms with van der Waals surface area (Å²) in [6.45, 7) is 4.31. The number of nitrogens with zero attached hydrogens (tertiary/aromatic N) is 1. The summed E-state index contributed by atoms with van der Waals surface area (Å²) >= 11 is 0. The average molecular weight is 320 g/mol. The van der Waals surface area contributed by atoms with E-state index < -0.39 is 0 Å². The van der Waals surface area contributed by atoms with E-state index in [9.17, 15) is 5.11 Å². The number of likely N-dealkylation sites (tertiary alicyclic amines) is 1. The van der Waals surface area contributed by atoms with Crippen molar-refractivity contribution in [2.45, 2.75) is 32.2 Å². The van der Waals surface area contributed by atoms with Gasteiger partial charge in [-0.2, -0.15) is 0 Å². The summed E-state index contributed by atoms with van der Waals surface area (Å²) < 4.78 is 0. The van der Waals surface area contributed by atoms with Gasteiger partial charge in [0, 0.05) is 27.7 Å². The second kappa shape index (κ2) is 6.33. The summed E-state index contributed by atoms with van der Waals surface area (Å²) in [5.74, 6) is 0.387. The predicted octanol–water partition coefficient (Wildman–Crippen LogP) is 4.76. The van der Waals surface area contributed by atoms with Crippen molar-refractivity contribution in [3.05, 3.63) is 65.4 Å². The number of phenolic OH excluding ortho intramolecular Hbond substituents is 1. The fourth-order valence-electron chi connectivity index (χ4n) is 4.08. The lowest BCUT2D eigenvalue weighted by Crippen LogP contribution is -2.34. The van der Waals surface area contributed by atoms with Crippen LogP contribution >= 0.6 is 0 Å². The van der Waals surface area contributed by atoms with Gasteiger partial charge in [0.1, 0.15) is 5.75 Å². The molecule has 1 fully saturated rings. The zero-order chi connectivity index (χ0) is 16.5. The first kappa shape index (κ1) is 15.3. The van der Waals surface area contributed by atoms with Gasteiger partial charge in [-0.15, -0.1) is 0 Å². The first-order chi connectivity index (χ1) is 11.8. The SMILES string of the molecule is Cc1[nH]c2ccccc2c1C(c1ccccc1O)N1CCCCC1. The Hall–Kier alpha value is -2.26. The Bertz CT molecular complexity index is 846. The van der Waals surface area contributed by atoms with E-state index in [4.69, 9.17) is 0 Å². The molecule has 0 bridgehead atoms. The predicted molar refractivity (Wildman–Crippen MR) is 98.4 cm³/mol. The van der Waals surface area contributed by atoms with Crippen molar-refractivity contribution in [1.82, 2.24) is 9.88 Å². The number of fused-ring (bicyclic) bond motifs is 1. The lowest BCUT2D eigenvalue weighted by Gasteiger charge is -2.35. The zero-order valence-corrected chi connectivity index (χ0v) is 14.1. The van der Waals surface area contributed by atoms with Crippen LogP contribution in [0.15, 0.2) is 48.5 Å². The van der Waals surface area contributed by atoms with Gasteiger partial charge in [0.2, 0.25) is 0 Å². The lowest BCUT2D eigenvalue weighted by atomic mass is 9.92. The highest BCUT2D eigenvalue weighted by Gasteiger charge is 2.29. The number of hydrogen-bond donors (Lipinski definition) is 2. The van der Waals surface area contributed by atoms with E-state index in [0.29, 0.717) is 5.75 Å². The highest BCUT2D eigenvalue weighted by Crippen LogP contribution is 2.40. The molecule has 3 heteroatoms. The van der Waals surface area contributed by atoms with E-state index >= 15 is 0 Å². The molecule has 24 heavy (non-hydrogen) atoms. The number of aromatic amines is 1. The minimum absolute atomic E-state index is 0.0997. The van der Waals surface area contributed by atoms with Gasteiger partial charge < -0.3 is 10.1 Å². The minimum Gasteiger partial charge on any atom is -0.508 e. The molecule has 0 aliphatic carbocycles. The molecule has 1 aliphatic heterocycles. The minimum atomic E-state index is 0.0997. The molecule has 0 saturated carbocycles. The fourth-order valence-corrected chi connectivity index (χ4v) is 4.08. The summed E-state index contributed by atoms with van der Waals surface area (Å²) in [6, 6.07) is 16.4. The number of piperidine rings is 1. The average Bonchev–Trinajstić information content (AvgIpc) is 2.94. The largest absolute Gasteiger partial charge is 0.508 e. The number of hydrogen-bond acceptors (Lipinski definition) is 2. The van der Waals surface area contributed by atoms with E-state index in [2.05, 4.69) is 47.1 Å². The van der Waals surface area contributed by atoms with E-state index in [-0.39, 0.29) is 6.04 Å². The smallest absolute Gasteiger partial charge is 0.120 e. The van der Waals surface area contributed by atoms with Gasteiger partial charge in [-0.1, -0.05) is 42.8 Å². The zero-order valence-electron chi connectivity index (χ0n) is 14.1. The molecule has 2 heterocycles. The van der Waals surface area contributed by atoms with E-state index in [1.165, 1.54) is 41.4 Å². The molecule has 0 amide bonds. The second-order valence-electron chi connectivity index (χ2n) is 6.77. The number of benzene rings is 2. The van der Waals surface area contributed by atoms with Gasteiger partial charge in [0.05, 0.1) is 6.04 Å². The molecule has 124 valence electrons. The first-order valence-electron chi connectivity index (χ1n) is 8.85. The number of rotatable bonds is 3.